The van der Waals surface area contributed by atoms with Crippen molar-refractivity contribution in [1.29, 1.82) is 0 Å². The fourth-order valence-corrected chi connectivity index (χ4v) is 4.88. The van der Waals surface area contributed by atoms with Gasteiger partial charge in [0, 0.05) is 54.2 Å². The second kappa shape index (κ2) is 8.07. The summed E-state index contributed by atoms with van der Waals surface area (Å²) in [5, 5.41) is 4.13. The van der Waals surface area contributed by atoms with E-state index in [2.05, 4.69) is 27.0 Å². The highest BCUT2D eigenvalue weighted by atomic mass is 16.2. The van der Waals surface area contributed by atoms with E-state index in [0.717, 1.165) is 54.5 Å². The maximum Gasteiger partial charge on any atom is 0.261 e. The van der Waals surface area contributed by atoms with Gasteiger partial charge in [-0.2, -0.15) is 0 Å². The summed E-state index contributed by atoms with van der Waals surface area (Å²) in [7, 11) is 0. The van der Waals surface area contributed by atoms with Gasteiger partial charge in [0.15, 0.2) is 0 Å². The lowest BCUT2D eigenvalue weighted by Gasteiger charge is -2.34. The molecule has 0 spiro atoms. The van der Waals surface area contributed by atoms with Crippen LogP contribution in [-0.4, -0.2) is 64.4 Å². The second-order valence-corrected chi connectivity index (χ2v) is 8.59. The number of piperazine rings is 1. The molecule has 1 fully saturated rings. The Morgan fingerprint density at radius 3 is 2.35 bits per heavy atom. The fraction of sp³-hybridized carbons (Fsp3) is 0.231. The minimum absolute atomic E-state index is 0.293. The maximum absolute atomic E-state index is 13.2. The number of hydrogen-bond acceptors (Lipinski definition) is 6. The third-order valence-corrected chi connectivity index (χ3v) is 6.72. The van der Waals surface area contributed by atoms with Gasteiger partial charge in [-0.3, -0.25) is 14.9 Å². The van der Waals surface area contributed by atoms with Gasteiger partial charge in [-0.15, -0.1) is 0 Å². The molecule has 0 radical (unpaired) electrons. The number of aromatic amines is 1. The first kappa shape index (κ1) is 20.6. The quantitative estimate of drug-likeness (QED) is 0.463. The van der Waals surface area contributed by atoms with Crippen molar-refractivity contribution in [1.82, 2.24) is 25.2 Å². The number of fused-ring (bicyclic) bond motifs is 2. The van der Waals surface area contributed by atoms with Gasteiger partial charge in [0.05, 0.1) is 22.4 Å². The van der Waals surface area contributed by atoms with Crippen LogP contribution in [0.25, 0.3) is 33.0 Å². The van der Waals surface area contributed by atoms with Crippen molar-refractivity contribution < 1.29 is 9.59 Å². The molecular weight excluding hydrogens is 428 g/mol. The van der Waals surface area contributed by atoms with Crippen molar-refractivity contribution in [3.8, 4) is 0 Å². The van der Waals surface area contributed by atoms with Crippen LogP contribution in [0.5, 0.6) is 0 Å². The van der Waals surface area contributed by atoms with Crippen LogP contribution < -0.4 is 10.2 Å². The number of rotatable bonds is 4. The van der Waals surface area contributed by atoms with Crippen LogP contribution in [0.3, 0.4) is 0 Å². The largest absolute Gasteiger partial charge is 0.361 e. The van der Waals surface area contributed by atoms with Crippen molar-refractivity contribution in [2.24, 2.45) is 0 Å². The number of carbonyl (C=O) groups is 2. The van der Waals surface area contributed by atoms with E-state index in [0.29, 0.717) is 28.4 Å². The highest BCUT2D eigenvalue weighted by molar-refractivity contribution is 6.50. The van der Waals surface area contributed by atoms with E-state index in [9.17, 15) is 9.59 Å². The average molecular weight is 453 g/mol. The lowest BCUT2D eigenvalue weighted by molar-refractivity contribution is -0.122. The predicted molar refractivity (Wildman–Crippen MR) is 132 cm³/mol. The maximum atomic E-state index is 13.2. The van der Waals surface area contributed by atoms with E-state index in [-0.39, 0.29) is 0 Å². The molecule has 170 valence electrons. The Morgan fingerprint density at radius 2 is 1.56 bits per heavy atom. The molecule has 2 aromatic carbocycles. The van der Waals surface area contributed by atoms with Crippen molar-refractivity contribution in [2.75, 3.05) is 37.6 Å². The molecule has 2 aliphatic rings. The van der Waals surface area contributed by atoms with Crippen molar-refractivity contribution in [3.63, 3.8) is 0 Å². The molecular formula is C26H24N6O2. The number of para-hydroxylation sites is 2. The summed E-state index contributed by atoms with van der Waals surface area (Å²) in [4.78, 5) is 43.7. The van der Waals surface area contributed by atoms with E-state index in [1.807, 2.05) is 48.5 Å². The number of aromatic nitrogens is 3. The van der Waals surface area contributed by atoms with Crippen LogP contribution in [0.4, 0.5) is 5.95 Å². The number of amides is 2. The fourth-order valence-electron chi connectivity index (χ4n) is 4.88. The van der Waals surface area contributed by atoms with Gasteiger partial charge in [0.1, 0.15) is 0 Å². The number of nitrogens with one attached hydrogen (secondary N) is 2. The van der Waals surface area contributed by atoms with E-state index in [4.69, 9.17) is 9.97 Å². The smallest absolute Gasteiger partial charge is 0.261 e. The normalized spacial score (nSPS) is 17.3. The van der Waals surface area contributed by atoms with Gasteiger partial charge in [-0.1, -0.05) is 43.3 Å². The lowest BCUT2D eigenvalue weighted by atomic mass is 9.97. The highest BCUT2D eigenvalue weighted by Crippen LogP contribution is 2.37. The molecule has 8 heteroatoms. The molecule has 1 saturated heterocycles. The van der Waals surface area contributed by atoms with Gasteiger partial charge in [0.25, 0.3) is 11.8 Å². The Balaban J connectivity index is 1.57. The van der Waals surface area contributed by atoms with Gasteiger partial charge < -0.3 is 14.8 Å². The third-order valence-electron chi connectivity index (χ3n) is 6.72. The van der Waals surface area contributed by atoms with Crippen LogP contribution in [-0.2, 0) is 9.59 Å². The molecule has 2 aliphatic heterocycles. The van der Waals surface area contributed by atoms with Crippen molar-refractivity contribution in [3.05, 3.63) is 66.0 Å². The zero-order valence-electron chi connectivity index (χ0n) is 18.8. The molecule has 2 amide bonds. The van der Waals surface area contributed by atoms with E-state index >= 15 is 0 Å². The number of benzene rings is 2. The first-order valence-corrected chi connectivity index (χ1v) is 11.5. The number of carbonyl (C=O) groups excluding carboxylic acids is 2. The Kier molecular flexibility index (Phi) is 4.88. The number of likely N-dealkylation sites (N-methyl/N-ethyl adjacent to an activating group) is 1. The van der Waals surface area contributed by atoms with E-state index in [1.165, 1.54) is 0 Å². The summed E-state index contributed by atoms with van der Waals surface area (Å²) in [6.45, 7) is 6.67. The monoisotopic (exact) mass is 452 g/mol. The van der Waals surface area contributed by atoms with Gasteiger partial charge in [-0.25, -0.2) is 9.97 Å². The van der Waals surface area contributed by atoms with Crippen molar-refractivity contribution >= 4 is 50.7 Å². The molecule has 4 aromatic rings. The summed E-state index contributed by atoms with van der Waals surface area (Å²) in [5.41, 5.74) is 3.46. The molecule has 34 heavy (non-hydrogen) atoms. The Morgan fingerprint density at radius 1 is 0.853 bits per heavy atom. The number of H-pyrrole nitrogens is 1. The van der Waals surface area contributed by atoms with Gasteiger partial charge >= 0.3 is 0 Å². The van der Waals surface area contributed by atoms with Gasteiger partial charge in [-0.05, 0) is 18.7 Å². The van der Waals surface area contributed by atoms with Crippen LogP contribution in [0, 0.1) is 0 Å². The summed E-state index contributed by atoms with van der Waals surface area (Å²) < 4.78 is 0. The number of anilines is 1. The van der Waals surface area contributed by atoms with E-state index in [1.54, 1.807) is 6.20 Å². The number of hydrogen-bond donors (Lipinski definition) is 2. The second-order valence-electron chi connectivity index (χ2n) is 8.59. The van der Waals surface area contributed by atoms with Crippen LogP contribution in [0.15, 0.2) is 54.7 Å². The number of imide groups is 1. The lowest BCUT2D eigenvalue weighted by Crippen LogP contribution is -2.46. The minimum Gasteiger partial charge on any atom is -0.361 e. The highest BCUT2D eigenvalue weighted by Gasteiger charge is 2.35. The average Bonchev–Trinajstić information content (AvgIpc) is 3.42. The first-order chi connectivity index (χ1) is 16.6. The number of nitrogens with zero attached hydrogens (tertiary/aromatic N) is 4. The Bertz CT molecular complexity index is 1480. The SMILES string of the molecule is CCN1CCN(c2nc(C3=C(c4c[nH]c5ccccc45)C(=O)NC3=O)c3ccccc3n2)CC1. The zero-order chi connectivity index (χ0) is 23.2. The Hall–Kier alpha value is -4.04. The Labute approximate surface area is 196 Å². The summed E-state index contributed by atoms with van der Waals surface area (Å²) in [6, 6.07) is 15.4. The van der Waals surface area contributed by atoms with Crippen molar-refractivity contribution in [2.45, 2.75) is 6.92 Å². The molecule has 0 saturated carbocycles. The molecule has 2 N–H and O–H groups in total. The topological polar surface area (TPSA) is 94.2 Å². The zero-order valence-corrected chi connectivity index (χ0v) is 18.8. The van der Waals surface area contributed by atoms with E-state index < -0.39 is 11.8 Å². The van der Waals surface area contributed by atoms with Gasteiger partial charge in [0.2, 0.25) is 5.95 Å². The van der Waals surface area contributed by atoms with Crippen LogP contribution >= 0.6 is 0 Å². The molecule has 0 aliphatic carbocycles. The third kappa shape index (κ3) is 3.26. The molecule has 0 bridgehead atoms. The van der Waals surface area contributed by atoms with Crippen LogP contribution in [0.2, 0.25) is 0 Å². The predicted octanol–water partition coefficient (Wildman–Crippen LogP) is 2.82. The summed E-state index contributed by atoms with van der Waals surface area (Å²) >= 11 is 0. The summed E-state index contributed by atoms with van der Waals surface area (Å²) in [6.07, 6.45) is 1.78. The molecule has 8 nitrogen and oxygen atoms in total. The molecule has 4 heterocycles. The van der Waals surface area contributed by atoms with Crippen LogP contribution in [0.1, 0.15) is 18.2 Å². The molecule has 6 rings (SSSR count). The standard InChI is InChI=1S/C26H24N6O2/c1-2-31-11-13-32(14-12-31)26-28-20-10-6-4-8-17(20)23(29-26)22-21(24(33)30-25(22)34)18-15-27-19-9-5-3-7-16(18)19/h3-10,15,27H,2,11-14H2,1H3,(H,30,33,34). The molecule has 2 aromatic heterocycles. The summed E-state index contributed by atoms with van der Waals surface area (Å²) in [5.74, 6) is -0.260. The molecule has 0 atom stereocenters. The minimum atomic E-state index is -0.434. The molecule has 0 unspecified atom stereocenters. The first-order valence-electron chi connectivity index (χ1n) is 11.5.